The van der Waals surface area contributed by atoms with Gasteiger partial charge in [-0.3, -0.25) is 15.1 Å². The number of amides is 1. The third-order valence-electron chi connectivity index (χ3n) is 3.07. The van der Waals surface area contributed by atoms with Gasteiger partial charge in [-0.1, -0.05) is 11.3 Å². The summed E-state index contributed by atoms with van der Waals surface area (Å²) in [5.41, 5.74) is 1.28. The van der Waals surface area contributed by atoms with Crippen molar-refractivity contribution in [2.24, 2.45) is 0 Å². The Morgan fingerprint density at radius 3 is 2.78 bits per heavy atom. The summed E-state index contributed by atoms with van der Waals surface area (Å²) in [6.07, 6.45) is 5.09. The number of anilines is 1. The number of pyridine rings is 1. The number of carbonyl (C=O) groups excluding carboxylic acids is 1. The summed E-state index contributed by atoms with van der Waals surface area (Å²) in [5.74, 6) is -1.29. The maximum Gasteiger partial charge on any atom is 0.335 e. The average molecular weight is 345 g/mol. The minimum atomic E-state index is -0.995. The smallest absolute Gasteiger partial charge is 0.335 e. The number of nitrogens with one attached hydrogen (secondary N) is 1. The Morgan fingerprint density at radius 2 is 2.04 bits per heavy atom. The van der Waals surface area contributed by atoms with E-state index in [1.54, 1.807) is 24.4 Å². The number of hydrogen-bond donors (Lipinski definition) is 2. The standard InChI is InChI=1S/C15H11N3O3S2/c1-22-10-4-9(6-16-7-10)13(19)18-15-17-11-3-2-8(14(20)21)5-12(11)23-15/h2-7H,1H3,(H,20,21)(H,17,18,19). The van der Waals surface area contributed by atoms with Crippen LogP contribution >= 0.6 is 23.1 Å². The summed E-state index contributed by atoms with van der Waals surface area (Å²) in [4.78, 5) is 32.4. The predicted octanol–water partition coefficient (Wildman–Crippen LogP) is 3.36. The van der Waals surface area contributed by atoms with Crippen molar-refractivity contribution in [1.82, 2.24) is 9.97 Å². The summed E-state index contributed by atoms with van der Waals surface area (Å²) in [6, 6.07) is 6.41. The first-order valence-corrected chi connectivity index (χ1v) is 8.55. The molecule has 0 atom stereocenters. The topological polar surface area (TPSA) is 92.2 Å². The lowest BCUT2D eigenvalue weighted by Gasteiger charge is -2.02. The average Bonchev–Trinajstić information content (AvgIpc) is 2.96. The lowest BCUT2D eigenvalue weighted by molar-refractivity contribution is 0.0697. The van der Waals surface area contributed by atoms with Crippen LogP contribution in [0.2, 0.25) is 0 Å². The SMILES string of the molecule is CSc1cncc(C(=O)Nc2nc3ccc(C(=O)O)cc3s2)c1. The van der Waals surface area contributed by atoms with Gasteiger partial charge >= 0.3 is 5.97 Å². The van der Waals surface area contributed by atoms with E-state index < -0.39 is 5.97 Å². The number of thioether (sulfide) groups is 1. The van der Waals surface area contributed by atoms with Gasteiger partial charge in [0, 0.05) is 17.3 Å². The van der Waals surface area contributed by atoms with Crippen molar-refractivity contribution < 1.29 is 14.7 Å². The third kappa shape index (κ3) is 3.33. The predicted molar refractivity (Wildman–Crippen MR) is 90.6 cm³/mol. The fourth-order valence-electron chi connectivity index (χ4n) is 1.94. The number of aromatic nitrogens is 2. The molecule has 0 unspecified atom stereocenters. The van der Waals surface area contributed by atoms with Crippen molar-refractivity contribution in [1.29, 1.82) is 0 Å². The monoisotopic (exact) mass is 345 g/mol. The van der Waals surface area contributed by atoms with Crippen molar-refractivity contribution in [3.63, 3.8) is 0 Å². The van der Waals surface area contributed by atoms with E-state index in [0.29, 0.717) is 20.9 Å². The Bertz CT molecular complexity index is 908. The molecule has 0 bridgehead atoms. The molecule has 2 heterocycles. The molecule has 3 aromatic rings. The summed E-state index contributed by atoms with van der Waals surface area (Å²) in [6.45, 7) is 0. The van der Waals surface area contributed by atoms with Gasteiger partial charge in [0.1, 0.15) is 0 Å². The van der Waals surface area contributed by atoms with Crippen LogP contribution < -0.4 is 5.32 Å². The van der Waals surface area contributed by atoms with E-state index in [4.69, 9.17) is 5.11 Å². The molecule has 0 radical (unpaired) electrons. The summed E-state index contributed by atoms with van der Waals surface area (Å²) in [7, 11) is 0. The van der Waals surface area contributed by atoms with Crippen LogP contribution in [0, 0.1) is 0 Å². The number of fused-ring (bicyclic) bond motifs is 1. The van der Waals surface area contributed by atoms with Gasteiger partial charge in [0.25, 0.3) is 5.91 Å². The van der Waals surface area contributed by atoms with Crippen LogP contribution in [-0.2, 0) is 0 Å². The maximum absolute atomic E-state index is 12.2. The van der Waals surface area contributed by atoms with Crippen molar-refractivity contribution in [2.75, 3.05) is 11.6 Å². The molecule has 2 aromatic heterocycles. The first-order valence-electron chi connectivity index (χ1n) is 6.51. The maximum atomic E-state index is 12.2. The molecule has 116 valence electrons. The second kappa shape index (κ2) is 6.35. The highest BCUT2D eigenvalue weighted by Crippen LogP contribution is 2.27. The first-order chi connectivity index (χ1) is 11.1. The molecule has 0 saturated heterocycles. The Morgan fingerprint density at radius 1 is 1.22 bits per heavy atom. The van der Waals surface area contributed by atoms with E-state index in [0.717, 1.165) is 4.90 Å². The molecule has 1 amide bonds. The molecule has 0 fully saturated rings. The Kier molecular flexibility index (Phi) is 4.26. The minimum Gasteiger partial charge on any atom is -0.478 e. The highest BCUT2D eigenvalue weighted by Gasteiger charge is 2.12. The number of carboxylic acids is 1. The zero-order valence-corrected chi connectivity index (χ0v) is 13.6. The number of hydrogen-bond acceptors (Lipinski definition) is 6. The first kappa shape index (κ1) is 15.4. The molecular weight excluding hydrogens is 334 g/mol. The van der Waals surface area contributed by atoms with Gasteiger partial charge in [-0.15, -0.1) is 11.8 Å². The number of rotatable bonds is 4. The molecule has 6 nitrogen and oxygen atoms in total. The van der Waals surface area contributed by atoms with Gasteiger partial charge in [0.2, 0.25) is 0 Å². The summed E-state index contributed by atoms with van der Waals surface area (Å²) < 4.78 is 0.705. The van der Waals surface area contributed by atoms with Gasteiger partial charge < -0.3 is 5.11 Å². The molecule has 2 N–H and O–H groups in total. The van der Waals surface area contributed by atoms with Crippen LogP contribution in [0.4, 0.5) is 5.13 Å². The molecule has 23 heavy (non-hydrogen) atoms. The van der Waals surface area contributed by atoms with E-state index in [2.05, 4.69) is 15.3 Å². The lowest BCUT2D eigenvalue weighted by atomic mass is 10.2. The van der Waals surface area contributed by atoms with Gasteiger partial charge in [-0.2, -0.15) is 0 Å². The van der Waals surface area contributed by atoms with Crippen LogP contribution in [-0.4, -0.2) is 33.2 Å². The van der Waals surface area contributed by atoms with Crippen molar-refractivity contribution >= 4 is 50.3 Å². The number of carbonyl (C=O) groups is 2. The van der Waals surface area contributed by atoms with Crippen LogP contribution in [0.25, 0.3) is 10.2 Å². The van der Waals surface area contributed by atoms with Gasteiger partial charge in [-0.25, -0.2) is 9.78 Å². The van der Waals surface area contributed by atoms with Crippen molar-refractivity contribution in [3.05, 3.63) is 47.8 Å². The number of aromatic carboxylic acids is 1. The second-order valence-electron chi connectivity index (χ2n) is 4.57. The van der Waals surface area contributed by atoms with E-state index >= 15 is 0 Å². The van der Waals surface area contributed by atoms with Gasteiger partial charge in [0.05, 0.1) is 21.3 Å². The fraction of sp³-hybridized carbons (Fsp3) is 0.0667. The Balaban J connectivity index is 1.85. The molecule has 0 spiro atoms. The van der Waals surface area contributed by atoms with Crippen molar-refractivity contribution in [3.8, 4) is 0 Å². The highest BCUT2D eigenvalue weighted by atomic mass is 32.2. The number of benzene rings is 1. The van der Waals surface area contributed by atoms with Crippen molar-refractivity contribution in [2.45, 2.75) is 4.90 Å². The van der Waals surface area contributed by atoms with Crippen LogP contribution in [0.5, 0.6) is 0 Å². The summed E-state index contributed by atoms with van der Waals surface area (Å²) >= 11 is 2.73. The molecule has 0 saturated carbocycles. The Labute approximate surface area is 139 Å². The van der Waals surface area contributed by atoms with E-state index in [1.807, 2.05) is 6.26 Å². The van der Waals surface area contributed by atoms with E-state index in [9.17, 15) is 9.59 Å². The highest BCUT2D eigenvalue weighted by molar-refractivity contribution is 7.98. The zero-order valence-electron chi connectivity index (χ0n) is 11.9. The number of carboxylic acid groups (broad SMARTS) is 1. The third-order valence-corrected chi connectivity index (χ3v) is 4.70. The normalized spacial score (nSPS) is 10.7. The molecule has 8 heteroatoms. The second-order valence-corrected chi connectivity index (χ2v) is 6.48. The molecular formula is C15H11N3O3S2. The number of thiazole rings is 1. The fourth-order valence-corrected chi connectivity index (χ4v) is 3.25. The van der Waals surface area contributed by atoms with Gasteiger partial charge in [0.15, 0.2) is 5.13 Å². The van der Waals surface area contributed by atoms with Crippen LogP contribution in [0.1, 0.15) is 20.7 Å². The van der Waals surface area contributed by atoms with Crippen LogP contribution in [0.3, 0.4) is 0 Å². The van der Waals surface area contributed by atoms with E-state index in [1.165, 1.54) is 35.4 Å². The summed E-state index contributed by atoms with van der Waals surface area (Å²) in [5, 5.41) is 12.1. The molecule has 3 rings (SSSR count). The largest absolute Gasteiger partial charge is 0.478 e. The van der Waals surface area contributed by atoms with Gasteiger partial charge in [-0.05, 0) is 30.5 Å². The molecule has 0 aliphatic carbocycles. The Hall–Kier alpha value is -2.45. The zero-order chi connectivity index (χ0) is 16.4. The molecule has 0 aliphatic heterocycles. The number of nitrogens with zero attached hydrogens (tertiary/aromatic N) is 2. The lowest BCUT2D eigenvalue weighted by Crippen LogP contribution is -2.11. The minimum absolute atomic E-state index is 0.191. The molecule has 0 aliphatic rings. The van der Waals surface area contributed by atoms with Crippen LogP contribution in [0.15, 0.2) is 41.6 Å². The molecule has 1 aromatic carbocycles. The quantitative estimate of drug-likeness (QED) is 0.704. The van der Waals surface area contributed by atoms with E-state index in [-0.39, 0.29) is 11.5 Å².